The van der Waals surface area contributed by atoms with E-state index in [2.05, 4.69) is 15.0 Å². The minimum atomic E-state index is -2.99. The van der Waals surface area contributed by atoms with Crippen molar-refractivity contribution in [2.45, 2.75) is 44.4 Å². The SMILES string of the molecule is C[C@@]1(c2cccc(Nc3cnc(OC(F)F)c4ccccc34)c2Cl)CC(=O)N(C2CCOCC2)C(N)=N1. The summed E-state index contributed by atoms with van der Waals surface area (Å²) in [7, 11) is 0. The average molecular weight is 530 g/mol. The van der Waals surface area contributed by atoms with Crippen LogP contribution in [-0.4, -0.2) is 47.6 Å². The maximum Gasteiger partial charge on any atom is 0.388 e. The summed E-state index contributed by atoms with van der Waals surface area (Å²) in [6, 6.07) is 12.3. The molecule has 0 unspecified atom stereocenters. The Bertz CT molecular complexity index is 1370. The Labute approximate surface area is 217 Å². The van der Waals surface area contributed by atoms with Crippen molar-refractivity contribution in [3.8, 4) is 5.88 Å². The third-order valence-corrected chi connectivity index (χ3v) is 7.14. The highest BCUT2D eigenvalue weighted by Crippen LogP contribution is 2.42. The van der Waals surface area contributed by atoms with Crippen LogP contribution >= 0.6 is 11.6 Å². The third kappa shape index (κ3) is 4.91. The van der Waals surface area contributed by atoms with E-state index in [4.69, 9.17) is 27.1 Å². The van der Waals surface area contributed by atoms with Gasteiger partial charge < -0.3 is 20.5 Å². The van der Waals surface area contributed by atoms with Crippen molar-refractivity contribution in [1.29, 1.82) is 0 Å². The lowest BCUT2D eigenvalue weighted by atomic mass is 9.86. The molecule has 2 aliphatic rings. The number of hydrogen-bond acceptors (Lipinski definition) is 7. The van der Waals surface area contributed by atoms with Gasteiger partial charge in [-0.3, -0.25) is 9.69 Å². The zero-order valence-corrected chi connectivity index (χ0v) is 20.8. The van der Waals surface area contributed by atoms with E-state index < -0.39 is 12.2 Å². The number of fused-ring (bicyclic) bond motifs is 1. The predicted octanol–water partition coefficient (Wildman–Crippen LogP) is 5.17. The Morgan fingerprint density at radius 1 is 1.16 bits per heavy atom. The standard InChI is InChI=1S/C26H26ClF2N5O3/c1-26(13-21(35)34(25(30)33-26)15-9-11-36-12-10-15)18-7-4-8-19(22(18)27)32-20-14-31-23(37-24(28)29)17-6-3-2-5-16(17)20/h2-8,14-15,24,32H,9-13H2,1H3,(H2,30,33)/t26-/m0/s1. The smallest absolute Gasteiger partial charge is 0.388 e. The number of aliphatic imine (C=N–C) groups is 1. The van der Waals surface area contributed by atoms with Gasteiger partial charge in [0.25, 0.3) is 0 Å². The van der Waals surface area contributed by atoms with Gasteiger partial charge in [-0.05, 0) is 31.9 Å². The molecule has 37 heavy (non-hydrogen) atoms. The van der Waals surface area contributed by atoms with Crippen LogP contribution in [0.2, 0.25) is 5.02 Å². The van der Waals surface area contributed by atoms with Crippen LogP contribution in [0.3, 0.4) is 0 Å². The van der Waals surface area contributed by atoms with Crippen molar-refractivity contribution < 1.29 is 23.0 Å². The molecule has 1 atom stereocenters. The van der Waals surface area contributed by atoms with E-state index in [0.29, 0.717) is 58.8 Å². The lowest BCUT2D eigenvalue weighted by Gasteiger charge is -2.40. The number of aromatic nitrogens is 1. The number of carbonyl (C=O) groups excluding carboxylic acids is 1. The lowest BCUT2D eigenvalue weighted by Crippen LogP contribution is -2.55. The van der Waals surface area contributed by atoms with E-state index in [1.807, 2.05) is 13.0 Å². The summed E-state index contributed by atoms with van der Waals surface area (Å²) in [4.78, 5) is 23.6. The van der Waals surface area contributed by atoms with Gasteiger partial charge in [0.1, 0.15) is 0 Å². The highest BCUT2D eigenvalue weighted by atomic mass is 35.5. The van der Waals surface area contributed by atoms with E-state index in [1.165, 1.54) is 6.20 Å². The molecular formula is C26H26ClF2N5O3. The summed E-state index contributed by atoms with van der Waals surface area (Å²) >= 11 is 6.86. The number of anilines is 2. The van der Waals surface area contributed by atoms with Crippen LogP contribution in [-0.2, 0) is 15.1 Å². The molecule has 3 N–H and O–H groups in total. The number of ether oxygens (including phenoxy) is 2. The van der Waals surface area contributed by atoms with Crippen molar-refractivity contribution in [3.05, 3.63) is 59.2 Å². The van der Waals surface area contributed by atoms with E-state index in [1.54, 1.807) is 41.3 Å². The topological polar surface area (TPSA) is 102 Å². The fourth-order valence-electron chi connectivity index (χ4n) is 4.98. The molecule has 11 heteroatoms. The summed E-state index contributed by atoms with van der Waals surface area (Å²) in [5.74, 6) is -0.103. The summed E-state index contributed by atoms with van der Waals surface area (Å²) in [5.41, 5.74) is 7.08. The number of nitrogens with zero attached hydrogens (tertiary/aromatic N) is 3. The number of hydrogen-bond donors (Lipinski definition) is 2. The van der Waals surface area contributed by atoms with Crippen LogP contribution in [0.4, 0.5) is 20.2 Å². The minimum Gasteiger partial charge on any atom is -0.416 e. The van der Waals surface area contributed by atoms with Gasteiger partial charge in [0.15, 0.2) is 5.96 Å². The van der Waals surface area contributed by atoms with Gasteiger partial charge in [-0.1, -0.05) is 41.9 Å². The Hall–Kier alpha value is -3.50. The molecule has 2 aliphatic heterocycles. The first-order valence-electron chi connectivity index (χ1n) is 11.9. The van der Waals surface area contributed by atoms with Gasteiger partial charge in [-0.2, -0.15) is 8.78 Å². The summed E-state index contributed by atoms with van der Waals surface area (Å²) in [6.45, 7) is 0.00160. The average Bonchev–Trinajstić information content (AvgIpc) is 2.86. The molecule has 1 saturated heterocycles. The fourth-order valence-corrected chi connectivity index (χ4v) is 5.35. The van der Waals surface area contributed by atoms with Crippen LogP contribution in [0.15, 0.2) is 53.7 Å². The van der Waals surface area contributed by atoms with E-state index >= 15 is 0 Å². The van der Waals surface area contributed by atoms with Crippen molar-refractivity contribution in [2.75, 3.05) is 18.5 Å². The number of nitrogens with one attached hydrogen (secondary N) is 1. The van der Waals surface area contributed by atoms with Gasteiger partial charge in [0.05, 0.1) is 34.6 Å². The number of alkyl halides is 2. The lowest BCUT2D eigenvalue weighted by molar-refractivity contribution is -0.132. The van der Waals surface area contributed by atoms with E-state index in [0.717, 1.165) is 0 Å². The molecule has 2 aromatic carbocycles. The Morgan fingerprint density at radius 3 is 2.59 bits per heavy atom. The van der Waals surface area contributed by atoms with Gasteiger partial charge >= 0.3 is 6.61 Å². The summed E-state index contributed by atoms with van der Waals surface area (Å²) in [5, 5.41) is 4.67. The first-order chi connectivity index (χ1) is 17.8. The molecule has 1 amide bonds. The summed E-state index contributed by atoms with van der Waals surface area (Å²) < 4.78 is 35.7. The normalized spacial score (nSPS) is 20.8. The number of halogens is 3. The molecule has 1 aromatic heterocycles. The quantitative estimate of drug-likeness (QED) is 0.456. The molecule has 0 radical (unpaired) electrons. The molecule has 0 saturated carbocycles. The van der Waals surface area contributed by atoms with Gasteiger partial charge in [-0.25, -0.2) is 9.98 Å². The number of carbonyl (C=O) groups is 1. The number of nitrogens with two attached hydrogens (primary N) is 1. The summed E-state index contributed by atoms with van der Waals surface area (Å²) in [6.07, 6.45) is 2.94. The molecule has 0 spiro atoms. The molecule has 3 heterocycles. The molecule has 0 bridgehead atoms. The second-order valence-electron chi connectivity index (χ2n) is 9.22. The van der Waals surface area contributed by atoms with E-state index in [-0.39, 0.29) is 30.2 Å². The molecule has 0 aliphatic carbocycles. The number of pyridine rings is 1. The molecular weight excluding hydrogens is 504 g/mol. The minimum absolute atomic E-state index is 0.0316. The Kier molecular flexibility index (Phi) is 6.87. The Morgan fingerprint density at radius 2 is 1.89 bits per heavy atom. The van der Waals surface area contributed by atoms with Crippen LogP contribution in [0, 0.1) is 0 Å². The van der Waals surface area contributed by atoms with Crippen molar-refractivity contribution in [2.24, 2.45) is 10.7 Å². The highest BCUT2D eigenvalue weighted by molar-refractivity contribution is 6.34. The van der Waals surface area contributed by atoms with Crippen LogP contribution < -0.4 is 15.8 Å². The van der Waals surface area contributed by atoms with Crippen molar-refractivity contribution >= 4 is 45.6 Å². The largest absolute Gasteiger partial charge is 0.416 e. The molecule has 5 rings (SSSR count). The van der Waals surface area contributed by atoms with E-state index in [9.17, 15) is 13.6 Å². The first kappa shape index (κ1) is 25.2. The highest BCUT2D eigenvalue weighted by Gasteiger charge is 2.41. The van der Waals surface area contributed by atoms with Crippen LogP contribution in [0.5, 0.6) is 5.88 Å². The number of rotatable bonds is 6. The predicted molar refractivity (Wildman–Crippen MR) is 137 cm³/mol. The molecule has 194 valence electrons. The maximum absolute atomic E-state index is 13.2. The maximum atomic E-state index is 13.2. The second kappa shape index (κ2) is 10.1. The number of amides is 1. The van der Waals surface area contributed by atoms with Gasteiger partial charge in [0, 0.05) is 35.6 Å². The third-order valence-electron chi connectivity index (χ3n) is 6.74. The fraction of sp³-hybridized carbons (Fsp3) is 0.346. The second-order valence-corrected chi connectivity index (χ2v) is 9.60. The monoisotopic (exact) mass is 529 g/mol. The number of guanidine groups is 1. The zero-order valence-electron chi connectivity index (χ0n) is 20.1. The Balaban J connectivity index is 1.47. The first-order valence-corrected chi connectivity index (χ1v) is 12.3. The number of benzene rings is 2. The zero-order chi connectivity index (χ0) is 26.2. The molecule has 1 fully saturated rings. The van der Waals surface area contributed by atoms with Crippen LogP contribution in [0.1, 0.15) is 31.7 Å². The van der Waals surface area contributed by atoms with Crippen molar-refractivity contribution in [3.63, 3.8) is 0 Å². The molecule has 3 aromatic rings. The van der Waals surface area contributed by atoms with Crippen molar-refractivity contribution in [1.82, 2.24) is 9.88 Å². The van der Waals surface area contributed by atoms with Crippen LogP contribution in [0.25, 0.3) is 10.8 Å². The van der Waals surface area contributed by atoms with Gasteiger partial charge in [0.2, 0.25) is 11.8 Å². The van der Waals surface area contributed by atoms with Gasteiger partial charge in [-0.15, -0.1) is 0 Å². The molecule has 8 nitrogen and oxygen atoms in total.